The number of halogens is 3. The van der Waals surface area contributed by atoms with E-state index in [0.717, 1.165) is 13.0 Å². The predicted octanol–water partition coefficient (Wildman–Crippen LogP) is 1.14. The van der Waals surface area contributed by atoms with Gasteiger partial charge in [0.1, 0.15) is 0 Å². The molecule has 0 radical (unpaired) electrons. The van der Waals surface area contributed by atoms with E-state index in [2.05, 4.69) is 10.6 Å². The van der Waals surface area contributed by atoms with Gasteiger partial charge in [0.15, 0.2) is 0 Å². The molecule has 0 amide bonds. The fourth-order valence-electron chi connectivity index (χ4n) is 0.745. The first-order chi connectivity index (χ1) is 5.56. The highest BCUT2D eigenvalue weighted by Gasteiger charge is 2.25. The third-order valence-electron chi connectivity index (χ3n) is 1.37. The van der Waals surface area contributed by atoms with Gasteiger partial charge in [0.05, 0.1) is 6.42 Å². The summed E-state index contributed by atoms with van der Waals surface area (Å²) in [6.07, 6.45) is -3.92. The topological polar surface area (TPSA) is 24.1 Å². The molecule has 0 aromatic carbocycles. The van der Waals surface area contributed by atoms with Gasteiger partial charge >= 0.3 is 6.18 Å². The Labute approximate surface area is 70.5 Å². The molecule has 2 N–H and O–H groups in total. The van der Waals surface area contributed by atoms with Crippen LogP contribution in [0.25, 0.3) is 0 Å². The van der Waals surface area contributed by atoms with E-state index in [-0.39, 0.29) is 6.54 Å². The van der Waals surface area contributed by atoms with Gasteiger partial charge in [-0.15, -0.1) is 0 Å². The molecule has 0 aromatic rings. The highest BCUT2D eigenvalue weighted by Crippen LogP contribution is 2.17. The van der Waals surface area contributed by atoms with Crippen molar-refractivity contribution in [2.24, 2.45) is 0 Å². The van der Waals surface area contributed by atoms with Crippen molar-refractivity contribution in [3.63, 3.8) is 0 Å². The Kier molecular flexibility index (Phi) is 6.10. The largest absolute Gasteiger partial charge is 0.390 e. The van der Waals surface area contributed by atoms with Crippen molar-refractivity contribution < 1.29 is 13.2 Å². The van der Waals surface area contributed by atoms with Crippen LogP contribution in [0.5, 0.6) is 0 Å². The summed E-state index contributed by atoms with van der Waals surface area (Å²) < 4.78 is 34.7. The van der Waals surface area contributed by atoms with Crippen molar-refractivity contribution in [1.82, 2.24) is 10.6 Å². The molecule has 0 saturated heterocycles. The predicted molar refractivity (Wildman–Crippen MR) is 42.1 cm³/mol. The van der Waals surface area contributed by atoms with E-state index in [0.29, 0.717) is 6.54 Å². The van der Waals surface area contributed by atoms with E-state index in [4.69, 9.17) is 0 Å². The maximum Gasteiger partial charge on any atom is 0.390 e. The number of hydrogen-bond donors (Lipinski definition) is 2. The molecule has 0 fully saturated rings. The fraction of sp³-hybridized carbons (Fsp3) is 1.00. The summed E-state index contributed by atoms with van der Waals surface area (Å²) in [5, 5.41) is 5.63. The van der Waals surface area contributed by atoms with Crippen LogP contribution in [0, 0.1) is 0 Å². The fourth-order valence-corrected chi connectivity index (χ4v) is 0.745. The first-order valence-electron chi connectivity index (χ1n) is 3.98. The van der Waals surface area contributed by atoms with Crippen LogP contribution in [0.15, 0.2) is 0 Å². The molecule has 0 rings (SSSR count). The number of alkyl halides is 3. The Morgan fingerprint density at radius 1 is 1.08 bits per heavy atom. The maximum atomic E-state index is 11.6. The molecule has 0 unspecified atom stereocenters. The standard InChI is InChI=1S/C7H15F3N2/c1-11-4-2-5-12-6-3-7(8,9)10/h11-12H,2-6H2,1H3. The molecule has 74 valence electrons. The molecule has 12 heavy (non-hydrogen) atoms. The first kappa shape index (κ1) is 11.7. The highest BCUT2D eigenvalue weighted by atomic mass is 19.4. The second kappa shape index (κ2) is 6.25. The van der Waals surface area contributed by atoms with E-state index in [9.17, 15) is 13.2 Å². The molecule has 0 heterocycles. The van der Waals surface area contributed by atoms with Crippen LogP contribution in [0.4, 0.5) is 13.2 Å². The minimum atomic E-state index is -4.03. The molecule has 0 aliphatic carbocycles. The lowest BCUT2D eigenvalue weighted by molar-refractivity contribution is -0.133. The van der Waals surface area contributed by atoms with Crippen LogP contribution in [0.1, 0.15) is 12.8 Å². The van der Waals surface area contributed by atoms with Gasteiger partial charge in [0, 0.05) is 6.54 Å². The molecular formula is C7H15F3N2. The molecule has 5 heteroatoms. The summed E-state index contributed by atoms with van der Waals surface area (Å²) in [7, 11) is 1.82. The summed E-state index contributed by atoms with van der Waals surface area (Å²) in [4.78, 5) is 0. The minimum absolute atomic E-state index is 0.0210. The second-order valence-electron chi connectivity index (χ2n) is 2.57. The number of nitrogens with one attached hydrogen (secondary N) is 2. The van der Waals surface area contributed by atoms with E-state index < -0.39 is 12.6 Å². The summed E-state index contributed by atoms with van der Waals surface area (Å²) in [5.74, 6) is 0. The van der Waals surface area contributed by atoms with Gasteiger partial charge in [0.25, 0.3) is 0 Å². The highest BCUT2D eigenvalue weighted by molar-refractivity contribution is 4.55. The molecular weight excluding hydrogens is 169 g/mol. The summed E-state index contributed by atoms with van der Waals surface area (Å²) in [6, 6.07) is 0. The molecule has 0 atom stereocenters. The van der Waals surface area contributed by atoms with E-state index in [1.807, 2.05) is 7.05 Å². The zero-order valence-corrected chi connectivity index (χ0v) is 7.17. The van der Waals surface area contributed by atoms with Gasteiger partial charge in [-0.2, -0.15) is 13.2 Å². The zero-order valence-electron chi connectivity index (χ0n) is 7.17. The van der Waals surface area contributed by atoms with Crippen molar-refractivity contribution in [2.45, 2.75) is 19.0 Å². The Balaban J connectivity index is 3.01. The molecule has 0 aliphatic rings. The molecule has 0 bridgehead atoms. The van der Waals surface area contributed by atoms with E-state index in [1.54, 1.807) is 0 Å². The van der Waals surface area contributed by atoms with Gasteiger partial charge in [-0.05, 0) is 26.6 Å². The van der Waals surface area contributed by atoms with Crippen molar-refractivity contribution in [3.8, 4) is 0 Å². The summed E-state index contributed by atoms with van der Waals surface area (Å²) >= 11 is 0. The van der Waals surface area contributed by atoms with Gasteiger partial charge in [-0.3, -0.25) is 0 Å². The normalized spacial score (nSPS) is 12.0. The van der Waals surface area contributed by atoms with Crippen LogP contribution < -0.4 is 10.6 Å². The smallest absolute Gasteiger partial charge is 0.320 e. The Morgan fingerprint density at radius 2 is 1.75 bits per heavy atom. The Morgan fingerprint density at radius 3 is 2.25 bits per heavy atom. The Bertz CT molecular complexity index is 103. The first-order valence-corrected chi connectivity index (χ1v) is 3.98. The third-order valence-corrected chi connectivity index (χ3v) is 1.37. The molecule has 0 spiro atoms. The van der Waals surface area contributed by atoms with Crippen molar-refractivity contribution in [1.29, 1.82) is 0 Å². The van der Waals surface area contributed by atoms with Crippen LogP contribution >= 0.6 is 0 Å². The Hall–Kier alpha value is -0.290. The number of hydrogen-bond acceptors (Lipinski definition) is 2. The average Bonchev–Trinajstić information content (AvgIpc) is 1.94. The van der Waals surface area contributed by atoms with Gasteiger partial charge in [-0.25, -0.2) is 0 Å². The van der Waals surface area contributed by atoms with Gasteiger partial charge in [-0.1, -0.05) is 0 Å². The zero-order chi connectivity index (χ0) is 9.45. The van der Waals surface area contributed by atoms with Crippen LogP contribution in [0.2, 0.25) is 0 Å². The molecule has 0 saturated carbocycles. The van der Waals surface area contributed by atoms with Crippen LogP contribution in [-0.2, 0) is 0 Å². The second-order valence-corrected chi connectivity index (χ2v) is 2.57. The van der Waals surface area contributed by atoms with E-state index >= 15 is 0 Å². The third kappa shape index (κ3) is 9.71. The summed E-state index contributed by atoms with van der Waals surface area (Å²) in [6.45, 7) is 1.49. The lowest BCUT2D eigenvalue weighted by Crippen LogP contribution is -2.24. The van der Waals surface area contributed by atoms with E-state index in [1.165, 1.54) is 0 Å². The van der Waals surface area contributed by atoms with Gasteiger partial charge in [0.2, 0.25) is 0 Å². The monoisotopic (exact) mass is 184 g/mol. The molecule has 0 aromatic heterocycles. The lowest BCUT2D eigenvalue weighted by Gasteiger charge is -2.06. The van der Waals surface area contributed by atoms with Crippen molar-refractivity contribution in [3.05, 3.63) is 0 Å². The maximum absolute atomic E-state index is 11.6. The van der Waals surface area contributed by atoms with Crippen LogP contribution in [-0.4, -0.2) is 32.9 Å². The average molecular weight is 184 g/mol. The van der Waals surface area contributed by atoms with Crippen LogP contribution in [0.3, 0.4) is 0 Å². The summed E-state index contributed by atoms with van der Waals surface area (Å²) in [5.41, 5.74) is 0. The number of rotatable bonds is 6. The molecule has 2 nitrogen and oxygen atoms in total. The SMILES string of the molecule is CNCCCNCCC(F)(F)F. The lowest BCUT2D eigenvalue weighted by atomic mass is 10.4. The quantitative estimate of drug-likeness (QED) is 0.605. The van der Waals surface area contributed by atoms with Crippen molar-refractivity contribution >= 4 is 0 Å². The van der Waals surface area contributed by atoms with Crippen molar-refractivity contribution in [2.75, 3.05) is 26.7 Å². The molecule has 0 aliphatic heterocycles. The minimum Gasteiger partial charge on any atom is -0.320 e. The van der Waals surface area contributed by atoms with Gasteiger partial charge < -0.3 is 10.6 Å².